The Morgan fingerprint density at radius 1 is 1.17 bits per heavy atom. The number of rotatable bonds is 4. The number of nitrogens with one attached hydrogen (secondary N) is 2. The molecule has 1 aromatic carbocycles. The van der Waals surface area contributed by atoms with Crippen LogP contribution in [0.4, 0.5) is 24.7 Å². The third-order valence-electron chi connectivity index (χ3n) is 2.78. The quantitative estimate of drug-likeness (QED) is 0.879. The second-order valence-corrected chi connectivity index (χ2v) is 6.56. The fourth-order valence-corrected chi connectivity index (χ4v) is 2.27. The predicted molar refractivity (Wildman–Crippen MR) is 82.1 cm³/mol. The number of anilines is 2. The van der Waals surface area contributed by atoms with Gasteiger partial charge in [0.05, 0.1) is 17.5 Å². The highest BCUT2D eigenvalue weighted by molar-refractivity contribution is 7.92. The van der Waals surface area contributed by atoms with Gasteiger partial charge in [0.15, 0.2) is 5.82 Å². The van der Waals surface area contributed by atoms with Crippen LogP contribution in [-0.4, -0.2) is 25.6 Å². The molecule has 6 nitrogen and oxygen atoms in total. The highest BCUT2D eigenvalue weighted by atomic mass is 32.2. The monoisotopic (exact) mass is 359 g/mol. The Balaban J connectivity index is 2.42. The molecule has 1 aromatic heterocycles. The lowest BCUT2D eigenvalue weighted by Gasteiger charge is -2.14. The number of aromatic nitrogens is 1. The van der Waals surface area contributed by atoms with Gasteiger partial charge in [-0.25, -0.2) is 13.4 Å². The average molecular weight is 359 g/mol. The van der Waals surface area contributed by atoms with Gasteiger partial charge in [0.2, 0.25) is 10.0 Å². The Labute approximate surface area is 135 Å². The molecule has 0 bridgehead atoms. The molecule has 128 valence electrons. The Bertz CT molecular complexity index is 853. The molecule has 0 unspecified atom stereocenters. The molecule has 1 amide bonds. The molecule has 2 rings (SSSR count). The SMILES string of the molecule is CS(=O)(=O)Nc1ncc(C(F)(F)F)cc1NC(=O)c1ccccc1. The number of benzene rings is 1. The number of hydrogen-bond donors (Lipinski definition) is 2. The van der Waals surface area contributed by atoms with Crippen molar-refractivity contribution < 1.29 is 26.4 Å². The van der Waals surface area contributed by atoms with Gasteiger partial charge in [0, 0.05) is 11.8 Å². The predicted octanol–water partition coefficient (Wildman–Crippen LogP) is 2.72. The number of carbonyl (C=O) groups is 1. The summed E-state index contributed by atoms with van der Waals surface area (Å²) in [6, 6.07) is 8.35. The van der Waals surface area contributed by atoms with Crippen molar-refractivity contribution in [2.75, 3.05) is 16.3 Å². The lowest BCUT2D eigenvalue weighted by Crippen LogP contribution is -2.18. The van der Waals surface area contributed by atoms with Crippen LogP contribution in [0.3, 0.4) is 0 Å². The van der Waals surface area contributed by atoms with Crippen molar-refractivity contribution in [3.05, 3.63) is 53.7 Å². The summed E-state index contributed by atoms with van der Waals surface area (Å²) in [6.07, 6.45) is -3.40. The first kappa shape index (κ1) is 17.7. The van der Waals surface area contributed by atoms with Crippen molar-refractivity contribution in [2.24, 2.45) is 0 Å². The van der Waals surface area contributed by atoms with E-state index >= 15 is 0 Å². The molecule has 0 aliphatic carbocycles. The summed E-state index contributed by atoms with van der Waals surface area (Å²) >= 11 is 0. The van der Waals surface area contributed by atoms with Gasteiger partial charge in [-0.15, -0.1) is 0 Å². The molecule has 0 saturated heterocycles. The van der Waals surface area contributed by atoms with Crippen molar-refractivity contribution in [1.29, 1.82) is 0 Å². The highest BCUT2D eigenvalue weighted by Gasteiger charge is 2.32. The average Bonchev–Trinajstić information content (AvgIpc) is 2.47. The standard InChI is InChI=1S/C14H12F3N3O3S/c1-24(22,23)20-12-11(7-10(8-18-12)14(15,16)17)19-13(21)9-5-3-2-4-6-9/h2-8H,1H3,(H,18,20)(H,19,21). The summed E-state index contributed by atoms with van der Waals surface area (Å²) in [5.74, 6) is -1.11. The molecule has 2 N–H and O–H groups in total. The van der Waals surface area contributed by atoms with Crippen LogP contribution < -0.4 is 10.0 Å². The number of hydrogen-bond acceptors (Lipinski definition) is 4. The lowest BCUT2D eigenvalue weighted by molar-refractivity contribution is -0.137. The Morgan fingerprint density at radius 2 is 1.79 bits per heavy atom. The fraction of sp³-hybridized carbons (Fsp3) is 0.143. The van der Waals surface area contributed by atoms with E-state index in [-0.39, 0.29) is 5.56 Å². The Kier molecular flexibility index (Phi) is 4.78. The maximum atomic E-state index is 12.8. The minimum Gasteiger partial charge on any atom is -0.319 e. The summed E-state index contributed by atoms with van der Waals surface area (Å²) in [5.41, 5.74) is -1.32. The molecule has 24 heavy (non-hydrogen) atoms. The minimum absolute atomic E-state index is 0.195. The fourth-order valence-electron chi connectivity index (χ4n) is 1.76. The summed E-state index contributed by atoms with van der Waals surface area (Å²) in [6.45, 7) is 0. The van der Waals surface area contributed by atoms with Crippen molar-refractivity contribution in [3.8, 4) is 0 Å². The summed E-state index contributed by atoms with van der Waals surface area (Å²) in [4.78, 5) is 15.5. The third kappa shape index (κ3) is 4.69. The maximum absolute atomic E-state index is 12.8. The first-order valence-electron chi connectivity index (χ1n) is 6.48. The molecule has 0 atom stereocenters. The Hall–Kier alpha value is -2.62. The maximum Gasteiger partial charge on any atom is 0.417 e. The van der Waals surface area contributed by atoms with Crippen LogP contribution in [-0.2, 0) is 16.2 Å². The van der Waals surface area contributed by atoms with Gasteiger partial charge in [-0.3, -0.25) is 9.52 Å². The number of pyridine rings is 1. The van der Waals surface area contributed by atoms with Crippen molar-refractivity contribution in [2.45, 2.75) is 6.18 Å². The molecule has 0 radical (unpaired) electrons. The van der Waals surface area contributed by atoms with E-state index in [9.17, 15) is 26.4 Å². The Morgan fingerprint density at radius 3 is 2.33 bits per heavy atom. The van der Waals surface area contributed by atoms with Crippen LogP contribution in [0.5, 0.6) is 0 Å². The van der Waals surface area contributed by atoms with E-state index in [1.54, 1.807) is 18.2 Å². The third-order valence-corrected chi connectivity index (χ3v) is 3.35. The van der Waals surface area contributed by atoms with Crippen LogP contribution in [0, 0.1) is 0 Å². The molecule has 0 spiro atoms. The van der Waals surface area contributed by atoms with E-state index in [0.717, 1.165) is 6.26 Å². The second kappa shape index (κ2) is 6.48. The van der Waals surface area contributed by atoms with Crippen LogP contribution in [0.25, 0.3) is 0 Å². The number of amides is 1. The van der Waals surface area contributed by atoms with E-state index in [4.69, 9.17) is 0 Å². The lowest BCUT2D eigenvalue weighted by atomic mass is 10.2. The van der Waals surface area contributed by atoms with Gasteiger partial charge >= 0.3 is 6.18 Å². The van der Waals surface area contributed by atoms with Crippen LogP contribution in [0.1, 0.15) is 15.9 Å². The van der Waals surface area contributed by atoms with Crippen molar-refractivity contribution in [3.63, 3.8) is 0 Å². The smallest absolute Gasteiger partial charge is 0.319 e. The van der Waals surface area contributed by atoms with Crippen LogP contribution in [0.2, 0.25) is 0 Å². The normalized spacial score (nSPS) is 11.8. The molecule has 2 aromatic rings. The molecule has 0 fully saturated rings. The van der Waals surface area contributed by atoms with Crippen molar-refractivity contribution in [1.82, 2.24) is 4.98 Å². The molecule has 0 aliphatic heterocycles. The van der Waals surface area contributed by atoms with Gasteiger partial charge in [-0.05, 0) is 18.2 Å². The molecule has 1 heterocycles. The largest absolute Gasteiger partial charge is 0.417 e. The molecule has 0 aliphatic rings. The van der Waals surface area contributed by atoms with E-state index in [1.165, 1.54) is 12.1 Å². The molecule has 0 saturated carbocycles. The highest BCUT2D eigenvalue weighted by Crippen LogP contribution is 2.33. The zero-order valence-corrected chi connectivity index (χ0v) is 13.1. The summed E-state index contributed by atoms with van der Waals surface area (Å²) in [7, 11) is -3.79. The van der Waals surface area contributed by atoms with Gasteiger partial charge in [-0.2, -0.15) is 13.2 Å². The minimum atomic E-state index is -4.69. The second-order valence-electron chi connectivity index (χ2n) is 4.81. The zero-order chi connectivity index (χ0) is 18.0. The van der Waals surface area contributed by atoms with Gasteiger partial charge in [-0.1, -0.05) is 18.2 Å². The molecular weight excluding hydrogens is 347 g/mol. The number of sulfonamides is 1. The van der Waals surface area contributed by atoms with Gasteiger partial charge in [0.1, 0.15) is 0 Å². The van der Waals surface area contributed by atoms with Crippen LogP contribution in [0.15, 0.2) is 42.6 Å². The first-order chi connectivity index (χ1) is 11.1. The van der Waals surface area contributed by atoms with E-state index in [0.29, 0.717) is 12.3 Å². The van der Waals surface area contributed by atoms with E-state index < -0.39 is 39.2 Å². The van der Waals surface area contributed by atoms with Gasteiger partial charge < -0.3 is 5.32 Å². The number of nitrogens with zero attached hydrogens (tertiary/aromatic N) is 1. The number of alkyl halides is 3. The summed E-state index contributed by atoms with van der Waals surface area (Å²) < 4.78 is 63.0. The van der Waals surface area contributed by atoms with Crippen molar-refractivity contribution >= 4 is 27.4 Å². The topological polar surface area (TPSA) is 88.2 Å². The van der Waals surface area contributed by atoms with Crippen LogP contribution >= 0.6 is 0 Å². The van der Waals surface area contributed by atoms with Gasteiger partial charge in [0.25, 0.3) is 5.91 Å². The first-order valence-corrected chi connectivity index (χ1v) is 8.37. The number of halogens is 3. The molecule has 10 heteroatoms. The zero-order valence-electron chi connectivity index (χ0n) is 12.3. The van der Waals surface area contributed by atoms with E-state index in [1.807, 2.05) is 4.72 Å². The number of carbonyl (C=O) groups excluding carboxylic acids is 1. The molecular formula is C14H12F3N3O3S. The van der Waals surface area contributed by atoms with E-state index in [2.05, 4.69) is 10.3 Å². The summed E-state index contributed by atoms with van der Waals surface area (Å²) in [5, 5.41) is 2.23.